The summed E-state index contributed by atoms with van der Waals surface area (Å²) in [5.74, 6) is 1.15. The number of carbonyl (C=O) groups is 1. The molecule has 0 amide bonds. The molecule has 4 bridgehead atoms. The van der Waals surface area contributed by atoms with Crippen molar-refractivity contribution >= 4 is 5.97 Å². The number of hydrogen-bond acceptors (Lipinski definition) is 3. The van der Waals surface area contributed by atoms with E-state index in [4.69, 9.17) is 4.74 Å². The molecule has 0 aromatic rings. The molecule has 18 heavy (non-hydrogen) atoms. The van der Waals surface area contributed by atoms with E-state index in [1.54, 1.807) is 0 Å². The molecule has 0 heterocycles. The van der Waals surface area contributed by atoms with E-state index in [0.29, 0.717) is 18.3 Å². The van der Waals surface area contributed by atoms with Crippen LogP contribution in [-0.2, 0) is 9.53 Å². The molecular weight excluding hydrogens is 228 g/mol. The van der Waals surface area contributed by atoms with Crippen LogP contribution in [0.1, 0.15) is 58.3 Å². The topological polar surface area (TPSA) is 46.5 Å². The van der Waals surface area contributed by atoms with Crippen molar-refractivity contribution in [2.24, 2.45) is 17.3 Å². The molecule has 0 saturated heterocycles. The van der Waals surface area contributed by atoms with Gasteiger partial charge >= 0.3 is 5.97 Å². The summed E-state index contributed by atoms with van der Waals surface area (Å²) in [7, 11) is 0. The average molecular weight is 250 g/mol. The number of aliphatic hydroxyl groups is 1. The second kappa shape index (κ2) is 3.12. The Morgan fingerprint density at radius 3 is 2.28 bits per heavy atom. The van der Waals surface area contributed by atoms with Crippen LogP contribution in [0.5, 0.6) is 0 Å². The van der Waals surface area contributed by atoms with Gasteiger partial charge in [-0.2, -0.15) is 0 Å². The van der Waals surface area contributed by atoms with Crippen LogP contribution >= 0.6 is 0 Å². The zero-order valence-electron chi connectivity index (χ0n) is 11.1. The van der Waals surface area contributed by atoms with E-state index in [1.807, 2.05) is 6.92 Å². The first-order valence-corrected chi connectivity index (χ1v) is 7.36. The van der Waals surface area contributed by atoms with Gasteiger partial charge in [0.25, 0.3) is 0 Å². The van der Waals surface area contributed by atoms with Crippen molar-refractivity contribution in [3.63, 3.8) is 0 Å². The molecule has 3 heteroatoms. The summed E-state index contributed by atoms with van der Waals surface area (Å²) in [5.41, 5.74) is -1.05. The Bertz CT molecular complexity index is 396. The average Bonchev–Trinajstić information content (AvgIpc) is 2.92. The fourth-order valence-corrected chi connectivity index (χ4v) is 4.96. The van der Waals surface area contributed by atoms with Crippen LogP contribution in [0.15, 0.2) is 0 Å². The molecule has 2 atom stereocenters. The highest BCUT2D eigenvalue weighted by molar-refractivity contribution is 5.79. The highest BCUT2D eigenvalue weighted by Crippen LogP contribution is 2.60. The summed E-state index contributed by atoms with van der Waals surface area (Å²) in [5, 5.41) is 10.6. The third-order valence-corrected chi connectivity index (χ3v) is 5.78. The zero-order chi connectivity index (χ0) is 12.6. The minimum absolute atomic E-state index is 0.00644. The fraction of sp³-hybridized carbons (Fsp3) is 0.933. The number of carbonyl (C=O) groups excluding carboxylic acids is 1. The predicted molar refractivity (Wildman–Crippen MR) is 65.8 cm³/mol. The summed E-state index contributed by atoms with van der Waals surface area (Å²) in [6.45, 7) is 2.00. The molecule has 0 aromatic heterocycles. The molecule has 0 aromatic carbocycles. The van der Waals surface area contributed by atoms with Gasteiger partial charge in [0, 0.05) is 6.42 Å². The maximum absolute atomic E-state index is 12.2. The minimum Gasteiger partial charge on any atom is -0.459 e. The van der Waals surface area contributed by atoms with Gasteiger partial charge in [-0.15, -0.1) is 0 Å². The predicted octanol–water partition coefficient (Wildman–Crippen LogP) is 2.41. The van der Waals surface area contributed by atoms with Gasteiger partial charge in [0.1, 0.15) is 5.60 Å². The van der Waals surface area contributed by atoms with Gasteiger partial charge in [0.05, 0.1) is 11.0 Å². The Morgan fingerprint density at radius 1 is 1.17 bits per heavy atom. The van der Waals surface area contributed by atoms with E-state index >= 15 is 0 Å². The van der Waals surface area contributed by atoms with E-state index in [1.165, 1.54) is 6.42 Å². The third-order valence-electron chi connectivity index (χ3n) is 5.78. The maximum atomic E-state index is 12.2. The first-order valence-electron chi connectivity index (χ1n) is 7.36. The summed E-state index contributed by atoms with van der Waals surface area (Å²) >= 11 is 0. The third kappa shape index (κ3) is 1.56. The number of rotatable bonds is 2. The highest BCUT2D eigenvalue weighted by atomic mass is 16.6. The summed E-state index contributed by atoms with van der Waals surface area (Å²) in [6, 6.07) is 0. The lowest BCUT2D eigenvalue weighted by Gasteiger charge is -2.59. The van der Waals surface area contributed by atoms with Crippen molar-refractivity contribution in [2.75, 3.05) is 0 Å². The molecule has 0 aliphatic heterocycles. The Morgan fingerprint density at radius 2 is 1.78 bits per heavy atom. The van der Waals surface area contributed by atoms with Gasteiger partial charge in [-0.25, -0.2) is 0 Å². The second-order valence-electron chi connectivity index (χ2n) is 7.82. The van der Waals surface area contributed by atoms with Gasteiger partial charge in [-0.05, 0) is 63.7 Å². The molecule has 5 rings (SSSR count). The van der Waals surface area contributed by atoms with Gasteiger partial charge in [0.15, 0.2) is 0 Å². The second-order valence-corrected chi connectivity index (χ2v) is 7.82. The van der Waals surface area contributed by atoms with Crippen molar-refractivity contribution in [3.8, 4) is 0 Å². The van der Waals surface area contributed by atoms with Crippen molar-refractivity contribution in [3.05, 3.63) is 0 Å². The molecule has 5 saturated carbocycles. The molecule has 5 aliphatic rings. The lowest BCUT2D eigenvalue weighted by molar-refractivity contribution is -0.223. The molecule has 5 fully saturated rings. The monoisotopic (exact) mass is 250 g/mol. The Labute approximate surface area is 108 Å². The van der Waals surface area contributed by atoms with E-state index in [9.17, 15) is 9.90 Å². The van der Waals surface area contributed by atoms with Crippen LogP contribution in [0.4, 0.5) is 0 Å². The first-order chi connectivity index (χ1) is 8.41. The van der Waals surface area contributed by atoms with E-state index in [-0.39, 0.29) is 17.0 Å². The Balaban J connectivity index is 1.58. The maximum Gasteiger partial charge on any atom is 0.312 e. The van der Waals surface area contributed by atoms with Gasteiger partial charge in [-0.3, -0.25) is 4.79 Å². The lowest BCUT2D eigenvalue weighted by atomic mass is 9.52. The zero-order valence-corrected chi connectivity index (χ0v) is 11.1. The fourth-order valence-electron chi connectivity index (χ4n) is 4.96. The Hall–Kier alpha value is -0.570. The van der Waals surface area contributed by atoms with E-state index < -0.39 is 5.60 Å². The van der Waals surface area contributed by atoms with Crippen molar-refractivity contribution < 1.29 is 14.6 Å². The summed E-state index contributed by atoms with van der Waals surface area (Å²) in [4.78, 5) is 12.2. The van der Waals surface area contributed by atoms with Crippen LogP contribution in [0.25, 0.3) is 0 Å². The van der Waals surface area contributed by atoms with E-state index in [0.717, 1.165) is 38.5 Å². The Kier molecular flexibility index (Phi) is 1.95. The molecule has 3 nitrogen and oxygen atoms in total. The van der Waals surface area contributed by atoms with Gasteiger partial charge in [0.2, 0.25) is 0 Å². The normalized spacial score (nSPS) is 51.2. The van der Waals surface area contributed by atoms with E-state index in [2.05, 4.69) is 0 Å². The lowest BCUT2D eigenvalue weighted by Crippen LogP contribution is -2.60. The summed E-state index contributed by atoms with van der Waals surface area (Å²) in [6.07, 6.45) is 7.72. The van der Waals surface area contributed by atoms with Gasteiger partial charge in [-0.1, -0.05) is 0 Å². The van der Waals surface area contributed by atoms with Crippen LogP contribution in [-0.4, -0.2) is 22.3 Å². The van der Waals surface area contributed by atoms with Crippen LogP contribution in [0.3, 0.4) is 0 Å². The van der Waals surface area contributed by atoms with Crippen LogP contribution in [0.2, 0.25) is 0 Å². The molecule has 0 radical (unpaired) electrons. The molecule has 2 unspecified atom stereocenters. The van der Waals surface area contributed by atoms with Crippen molar-refractivity contribution in [2.45, 2.75) is 69.5 Å². The smallest absolute Gasteiger partial charge is 0.312 e. The minimum atomic E-state index is -0.533. The molecule has 1 N–H and O–H groups in total. The quantitative estimate of drug-likeness (QED) is 0.766. The largest absolute Gasteiger partial charge is 0.459 e. The number of ether oxygens (including phenoxy) is 1. The van der Waals surface area contributed by atoms with Crippen molar-refractivity contribution in [1.29, 1.82) is 0 Å². The molecule has 0 spiro atoms. The van der Waals surface area contributed by atoms with Crippen LogP contribution < -0.4 is 0 Å². The molecule has 5 aliphatic carbocycles. The summed E-state index contributed by atoms with van der Waals surface area (Å²) < 4.78 is 5.94. The number of hydrogen-bond donors (Lipinski definition) is 1. The molecular formula is C15H22O3. The van der Waals surface area contributed by atoms with Crippen molar-refractivity contribution in [1.82, 2.24) is 0 Å². The SMILES string of the molecule is CC1(C(=O)OC23CC4CC(CC(O)(C4)C2)C3)CC1. The van der Waals surface area contributed by atoms with Gasteiger partial charge < -0.3 is 9.84 Å². The standard InChI is InChI=1S/C15H22O3/c1-13(2-3-13)12(16)18-15-7-10-4-11(8-15)6-14(17,5-10)9-15/h10-11,17H,2-9H2,1H3. The van der Waals surface area contributed by atoms with Crippen LogP contribution in [0, 0.1) is 17.3 Å². The molecule has 100 valence electrons. The highest BCUT2D eigenvalue weighted by Gasteiger charge is 2.60. The number of esters is 1. The first kappa shape index (κ1) is 11.3.